The van der Waals surface area contributed by atoms with Gasteiger partial charge in [0.2, 0.25) is 0 Å². The number of sulfone groups is 1. The maximum Gasteiger partial charge on any atom is 0.272 e. The van der Waals surface area contributed by atoms with Gasteiger partial charge >= 0.3 is 0 Å². The van der Waals surface area contributed by atoms with Crippen LogP contribution < -0.4 is 4.90 Å². The lowest BCUT2D eigenvalue weighted by molar-refractivity contribution is -0.385. The number of nitrogens with zero attached hydrogens (tertiary/aromatic N) is 3. The van der Waals surface area contributed by atoms with Crippen LogP contribution in [0.3, 0.4) is 0 Å². The van der Waals surface area contributed by atoms with E-state index in [1.54, 1.807) is 19.0 Å². The fraction of sp³-hybridized carbons (Fsp3) is 0.500. The van der Waals surface area contributed by atoms with E-state index in [0.717, 1.165) is 6.07 Å². The van der Waals surface area contributed by atoms with Crippen molar-refractivity contribution in [3.8, 4) is 12.3 Å². The zero-order valence-corrected chi connectivity index (χ0v) is 18.6. The van der Waals surface area contributed by atoms with Crippen LogP contribution in [-0.4, -0.2) is 68.4 Å². The van der Waals surface area contributed by atoms with Gasteiger partial charge in [-0.3, -0.25) is 10.1 Å². The first-order chi connectivity index (χ1) is 12.2. The normalized spacial score (nSPS) is 11.4. The molecule has 0 spiro atoms. The van der Waals surface area contributed by atoms with Crippen LogP contribution >= 0.6 is 31.9 Å². The van der Waals surface area contributed by atoms with Gasteiger partial charge in [0.05, 0.1) is 26.8 Å². The summed E-state index contributed by atoms with van der Waals surface area (Å²) in [7, 11) is -0.245. The fourth-order valence-corrected chi connectivity index (χ4v) is 4.84. The quantitative estimate of drug-likeness (QED) is 0.208. The first-order valence-electron chi connectivity index (χ1n) is 7.71. The molecular formula is C16H21Br2N3O4S. The molecule has 1 rings (SSSR count). The third kappa shape index (κ3) is 5.94. The van der Waals surface area contributed by atoms with E-state index in [9.17, 15) is 18.5 Å². The van der Waals surface area contributed by atoms with Crippen LogP contribution in [0.4, 0.5) is 11.4 Å². The molecule has 0 aromatic heterocycles. The van der Waals surface area contributed by atoms with E-state index in [0.29, 0.717) is 36.0 Å². The lowest BCUT2D eigenvalue weighted by Gasteiger charge is -2.27. The van der Waals surface area contributed by atoms with Crippen molar-refractivity contribution < 1.29 is 13.3 Å². The Balaban J connectivity index is 3.69. The first-order valence-corrected chi connectivity index (χ1v) is 11.6. The number of hydrogen-bond acceptors (Lipinski definition) is 6. The smallest absolute Gasteiger partial charge is 0.272 e. The molecule has 0 saturated carbocycles. The SMILES string of the molecule is C#Cc1cc([N+](=O)[O-])cc(S(=O)(=O)CCN(C)C)c1N(CCBr)CCBr. The van der Waals surface area contributed by atoms with E-state index in [4.69, 9.17) is 6.42 Å². The topological polar surface area (TPSA) is 83.8 Å². The van der Waals surface area contributed by atoms with E-state index in [1.807, 2.05) is 4.90 Å². The number of terminal acetylenes is 1. The average Bonchev–Trinajstić information content (AvgIpc) is 2.58. The number of benzene rings is 1. The van der Waals surface area contributed by atoms with Gasteiger partial charge in [0.25, 0.3) is 5.69 Å². The molecule has 0 heterocycles. The molecule has 0 fully saturated rings. The molecule has 0 amide bonds. The van der Waals surface area contributed by atoms with Crippen LogP contribution in [0.5, 0.6) is 0 Å². The fourth-order valence-electron chi connectivity index (χ4n) is 2.32. The minimum absolute atomic E-state index is 0.0941. The van der Waals surface area contributed by atoms with Crippen molar-refractivity contribution in [2.45, 2.75) is 4.90 Å². The van der Waals surface area contributed by atoms with Crippen LogP contribution in [0.25, 0.3) is 0 Å². The molecule has 7 nitrogen and oxygen atoms in total. The number of rotatable bonds is 10. The highest BCUT2D eigenvalue weighted by molar-refractivity contribution is 9.09. The molecule has 0 N–H and O–H groups in total. The van der Waals surface area contributed by atoms with E-state index in [2.05, 4.69) is 37.8 Å². The highest BCUT2D eigenvalue weighted by Crippen LogP contribution is 2.34. The molecule has 0 radical (unpaired) electrons. The number of alkyl halides is 2. The van der Waals surface area contributed by atoms with Crippen molar-refractivity contribution in [2.75, 3.05) is 55.0 Å². The Hall–Kier alpha value is -1.15. The van der Waals surface area contributed by atoms with Crippen LogP contribution in [0, 0.1) is 22.5 Å². The Kier molecular flexibility index (Phi) is 9.03. The van der Waals surface area contributed by atoms with Crippen LogP contribution in [0.1, 0.15) is 5.56 Å². The van der Waals surface area contributed by atoms with Crippen molar-refractivity contribution in [1.29, 1.82) is 0 Å². The standard InChI is InChI=1S/C16H21Br2N3O4S/c1-4-13-11-14(21(22)23)12-15(26(24,25)10-9-19(2)3)16(13)20(7-5-17)8-6-18/h1,11-12H,5-10H2,2-3H3. The Bertz CT molecular complexity index is 785. The van der Waals surface area contributed by atoms with Crippen LogP contribution in [-0.2, 0) is 9.84 Å². The number of nitro groups is 1. The molecule has 1 aromatic carbocycles. The molecule has 144 valence electrons. The predicted molar refractivity (Wildman–Crippen MR) is 111 cm³/mol. The Morgan fingerprint density at radius 1 is 1.19 bits per heavy atom. The predicted octanol–water partition coefficient (Wildman–Crippen LogP) is 2.51. The van der Waals surface area contributed by atoms with Gasteiger partial charge in [0, 0.05) is 42.4 Å². The number of anilines is 1. The second-order valence-electron chi connectivity index (χ2n) is 5.73. The molecule has 0 atom stereocenters. The zero-order chi connectivity index (χ0) is 19.9. The Labute approximate surface area is 171 Å². The van der Waals surface area contributed by atoms with Crippen molar-refractivity contribution >= 4 is 53.1 Å². The molecule has 1 aromatic rings. The van der Waals surface area contributed by atoms with E-state index < -0.39 is 14.8 Å². The Morgan fingerprint density at radius 3 is 2.19 bits per heavy atom. The van der Waals surface area contributed by atoms with E-state index in [-0.39, 0.29) is 21.9 Å². The molecule has 0 aliphatic carbocycles. The largest absolute Gasteiger partial charge is 0.368 e. The van der Waals surface area contributed by atoms with E-state index in [1.165, 1.54) is 6.07 Å². The zero-order valence-electron chi connectivity index (χ0n) is 14.6. The number of nitro benzene ring substituents is 1. The van der Waals surface area contributed by atoms with Crippen molar-refractivity contribution in [2.24, 2.45) is 0 Å². The van der Waals surface area contributed by atoms with Gasteiger partial charge in [-0.05, 0) is 14.1 Å². The maximum absolute atomic E-state index is 12.9. The van der Waals surface area contributed by atoms with Gasteiger partial charge in [-0.15, -0.1) is 6.42 Å². The molecule has 0 unspecified atom stereocenters. The van der Waals surface area contributed by atoms with Gasteiger partial charge < -0.3 is 9.80 Å². The minimum atomic E-state index is -3.77. The lowest BCUT2D eigenvalue weighted by Crippen LogP contribution is -2.31. The minimum Gasteiger partial charge on any atom is -0.368 e. The molecular weight excluding hydrogens is 490 g/mol. The molecule has 0 bridgehead atoms. The summed E-state index contributed by atoms with van der Waals surface area (Å²) in [6.45, 7) is 1.31. The summed E-state index contributed by atoms with van der Waals surface area (Å²) in [5.74, 6) is 2.26. The van der Waals surface area contributed by atoms with Gasteiger partial charge in [0.15, 0.2) is 9.84 Å². The molecule has 0 aliphatic heterocycles. The summed E-state index contributed by atoms with van der Waals surface area (Å²) in [5.41, 5.74) is 0.211. The summed E-state index contributed by atoms with van der Waals surface area (Å²) in [5, 5.41) is 12.4. The summed E-state index contributed by atoms with van der Waals surface area (Å²) < 4.78 is 25.9. The highest BCUT2D eigenvalue weighted by atomic mass is 79.9. The highest BCUT2D eigenvalue weighted by Gasteiger charge is 2.28. The van der Waals surface area contributed by atoms with Crippen molar-refractivity contribution in [3.63, 3.8) is 0 Å². The second-order valence-corrected chi connectivity index (χ2v) is 9.39. The monoisotopic (exact) mass is 509 g/mol. The van der Waals surface area contributed by atoms with E-state index >= 15 is 0 Å². The Morgan fingerprint density at radius 2 is 1.77 bits per heavy atom. The third-order valence-corrected chi connectivity index (χ3v) is 6.00. The molecule has 0 saturated heterocycles. The summed E-state index contributed by atoms with van der Waals surface area (Å²) in [4.78, 5) is 14.1. The molecule has 0 aliphatic rings. The van der Waals surface area contributed by atoms with Crippen molar-refractivity contribution in [1.82, 2.24) is 4.90 Å². The van der Waals surface area contributed by atoms with Crippen LogP contribution in [0.15, 0.2) is 17.0 Å². The van der Waals surface area contributed by atoms with Gasteiger partial charge in [-0.25, -0.2) is 8.42 Å². The summed E-state index contributed by atoms with van der Waals surface area (Å²) in [6, 6.07) is 2.35. The van der Waals surface area contributed by atoms with Gasteiger partial charge in [-0.1, -0.05) is 37.8 Å². The molecule has 26 heavy (non-hydrogen) atoms. The summed E-state index contributed by atoms with van der Waals surface area (Å²) in [6.07, 6.45) is 5.56. The summed E-state index contributed by atoms with van der Waals surface area (Å²) >= 11 is 6.71. The number of non-ortho nitro benzene ring substituents is 1. The van der Waals surface area contributed by atoms with Crippen LogP contribution in [0.2, 0.25) is 0 Å². The maximum atomic E-state index is 12.9. The van der Waals surface area contributed by atoms with Crippen molar-refractivity contribution in [3.05, 3.63) is 27.8 Å². The lowest BCUT2D eigenvalue weighted by atomic mass is 10.1. The third-order valence-electron chi connectivity index (χ3n) is 3.59. The van der Waals surface area contributed by atoms with Gasteiger partial charge in [-0.2, -0.15) is 0 Å². The second kappa shape index (κ2) is 10.3. The first kappa shape index (κ1) is 22.9. The number of halogens is 2. The van der Waals surface area contributed by atoms with Gasteiger partial charge in [0.1, 0.15) is 0 Å². The number of hydrogen-bond donors (Lipinski definition) is 0. The average molecular weight is 511 g/mol. The molecule has 10 heteroatoms.